The predicted molar refractivity (Wildman–Crippen MR) is 134 cm³/mol. The van der Waals surface area contributed by atoms with Gasteiger partial charge in [-0.25, -0.2) is 0 Å². The Labute approximate surface area is 195 Å². The van der Waals surface area contributed by atoms with E-state index in [0.29, 0.717) is 0 Å². The third kappa shape index (κ3) is 7.97. The van der Waals surface area contributed by atoms with Gasteiger partial charge in [-0.3, -0.25) is 0 Å². The van der Waals surface area contributed by atoms with Crippen LogP contribution in [0, 0.1) is 6.92 Å². The molecule has 0 unspecified atom stereocenters. The van der Waals surface area contributed by atoms with E-state index in [4.69, 9.17) is 0 Å². The molecule has 0 aliphatic rings. The van der Waals surface area contributed by atoms with Gasteiger partial charge in [0.1, 0.15) is 23.2 Å². The fraction of sp³-hybridized carbons (Fsp3) is 0.0769. The fourth-order valence-electron chi connectivity index (χ4n) is 3.74. The van der Waals surface area contributed by atoms with E-state index in [9.17, 15) is 25.2 Å². The number of rotatable bonds is 5. The molecule has 4 aromatic carbocycles. The molecule has 0 bridgehead atoms. The molecular weight excluding hydrogens is 488 g/mol. The molecule has 0 saturated carbocycles. The van der Waals surface area contributed by atoms with Gasteiger partial charge in [0.2, 0.25) is 0 Å². The molecule has 8 heteroatoms. The van der Waals surface area contributed by atoms with Crippen LogP contribution in [0.2, 0.25) is 0 Å². The van der Waals surface area contributed by atoms with Gasteiger partial charge in [0.15, 0.2) is 0 Å². The van der Waals surface area contributed by atoms with Crippen molar-refractivity contribution in [1.29, 1.82) is 0 Å². The molecule has 0 spiro atoms. The van der Waals surface area contributed by atoms with E-state index in [2.05, 4.69) is 122 Å². The van der Waals surface area contributed by atoms with Gasteiger partial charge in [-0.15, -0.1) is 0 Å². The molecule has 0 amide bonds. The SMILES string of the molecule is Cc1ccc(C[P+](c2ccccc2)(c2ccccc2)c2ccccc2)cc1.F[P-](F)(F)(F)(F)F. The van der Waals surface area contributed by atoms with Crippen molar-refractivity contribution in [3.63, 3.8) is 0 Å². The van der Waals surface area contributed by atoms with Crippen molar-refractivity contribution in [2.45, 2.75) is 13.1 Å². The summed E-state index contributed by atoms with van der Waals surface area (Å²) >= 11 is 0. The maximum absolute atomic E-state index is 10.7. The Hall–Kier alpha value is -2.68. The Kier molecular flexibility index (Phi) is 6.99. The molecular formula is C26H24F6P2. The third-order valence-electron chi connectivity index (χ3n) is 5.13. The Morgan fingerprint density at radius 1 is 0.500 bits per heavy atom. The van der Waals surface area contributed by atoms with E-state index in [1.54, 1.807) is 0 Å². The van der Waals surface area contributed by atoms with Crippen molar-refractivity contribution < 1.29 is 25.2 Å². The van der Waals surface area contributed by atoms with E-state index >= 15 is 0 Å². The second-order valence-corrected chi connectivity index (χ2v) is 13.3. The summed E-state index contributed by atoms with van der Waals surface area (Å²) in [5, 5.41) is 4.30. The van der Waals surface area contributed by atoms with Gasteiger partial charge in [0.05, 0.1) is 6.16 Å². The number of aryl methyl sites for hydroxylation is 1. The molecule has 0 nitrogen and oxygen atoms in total. The summed E-state index contributed by atoms with van der Waals surface area (Å²) in [5.74, 6) is 0. The molecule has 0 N–H and O–H groups in total. The average Bonchev–Trinajstić information content (AvgIpc) is 2.78. The molecule has 0 aliphatic carbocycles. The Morgan fingerprint density at radius 3 is 1.09 bits per heavy atom. The summed E-state index contributed by atoms with van der Waals surface area (Å²) in [6.07, 6.45) is 1.03. The van der Waals surface area contributed by atoms with E-state index in [-0.39, 0.29) is 0 Å². The summed E-state index contributed by atoms with van der Waals surface area (Å²) in [6, 6.07) is 42.2. The first kappa shape index (κ1) is 25.9. The summed E-state index contributed by atoms with van der Waals surface area (Å²) < 4.78 is 59.2. The van der Waals surface area contributed by atoms with Gasteiger partial charge in [0.25, 0.3) is 0 Å². The topological polar surface area (TPSA) is 0 Å². The quantitative estimate of drug-likeness (QED) is 0.185. The van der Waals surface area contributed by atoms with Crippen LogP contribution in [0.4, 0.5) is 25.2 Å². The maximum atomic E-state index is 9.87. The van der Waals surface area contributed by atoms with Crippen molar-refractivity contribution in [2.75, 3.05) is 0 Å². The van der Waals surface area contributed by atoms with Crippen molar-refractivity contribution in [3.8, 4) is 0 Å². The first-order valence-electron chi connectivity index (χ1n) is 10.4. The first-order chi connectivity index (χ1) is 15.7. The zero-order chi connectivity index (χ0) is 24.9. The summed E-state index contributed by atoms with van der Waals surface area (Å²) in [4.78, 5) is 0. The molecule has 0 heterocycles. The second kappa shape index (κ2) is 9.17. The zero-order valence-electron chi connectivity index (χ0n) is 18.3. The van der Waals surface area contributed by atoms with Crippen LogP contribution in [0.25, 0.3) is 0 Å². The van der Waals surface area contributed by atoms with Gasteiger partial charge >= 0.3 is 33.0 Å². The minimum atomic E-state index is -10.7. The predicted octanol–water partition coefficient (Wildman–Crippen LogP) is 8.87. The summed E-state index contributed by atoms with van der Waals surface area (Å²) in [7, 11) is -12.4. The minimum absolute atomic E-state index is 1.03. The summed E-state index contributed by atoms with van der Waals surface area (Å²) in [6.45, 7) is 2.15. The van der Waals surface area contributed by atoms with Crippen LogP contribution in [0.3, 0.4) is 0 Å². The average molecular weight is 512 g/mol. The van der Waals surface area contributed by atoms with Gasteiger partial charge in [-0.1, -0.05) is 84.4 Å². The Bertz CT molecular complexity index is 1090. The molecule has 0 aromatic heterocycles. The van der Waals surface area contributed by atoms with E-state index < -0.39 is 15.1 Å². The van der Waals surface area contributed by atoms with Crippen molar-refractivity contribution in [3.05, 3.63) is 126 Å². The van der Waals surface area contributed by atoms with E-state index in [1.807, 2.05) is 0 Å². The first-order valence-corrected chi connectivity index (χ1v) is 14.4. The van der Waals surface area contributed by atoms with Gasteiger partial charge in [-0.05, 0) is 48.9 Å². The molecule has 0 fully saturated rings. The fourth-order valence-corrected chi connectivity index (χ4v) is 7.98. The summed E-state index contributed by atoms with van der Waals surface area (Å²) in [5.41, 5.74) is 2.70. The monoisotopic (exact) mass is 512 g/mol. The molecule has 4 rings (SSSR count). The molecule has 34 heavy (non-hydrogen) atoms. The number of benzene rings is 4. The second-order valence-electron chi connectivity index (χ2n) is 7.92. The van der Waals surface area contributed by atoms with Crippen LogP contribution >= 0.6 is 15.1 Å². The van der Waals surface area contributed by atoms with Gasteiger partial charge in [0, 0.05) is 0 Å². The number of hydrogen-bond acceptors (Lipinski definition) is 0. The molecule has 180 valence electrons. The van der Waals surface area contributed by atoms with Crippen LogP contribution in [-0.4, -0.2) is 0 Å². The van der Waals surface area contributed by atoms with Crippen LogP contribution < -0.4 is 15.9 Å². The van der Waals surface area contributed by atoms with Gasteiger partial charge in [-0.2, -0.15) is 0 Å². The zero-order valence-corrected chi connectivity index (χ0v) is 20.1. The van der Waals surface area contributed by atoms with Crippen molar-refractivity contribution in [1.82, 2.24) is 0 Å². The van der Waals surface area contributed by atoms with Gasteiger partial charge < -0.3 is 0 Å². The molecule has 0 aliphatic heterocycles. The van der Waals surface area contributed by atoms with Crippen LogP contribution in [0.15, 0.2) is 115 Å². The van der Waals surface area contributed by atoms with Crippen LogP contribution in [0.1, 0.15) is 11.1 Å². The van der Waals surface area contributed by atoms with E-state index in [0.717, 1.165) is 6.16 Å². The number of hydrogen-bond donors (Lipinski definition) is 0. The van der Waals surface area contributed by atoms with Crippen molar-refractivity contribution >= 4 is 31.0 Å². The Balaban J connectivity index is 0.000000406. The normalized spacial score (nSPS) is 13.7. The number of halogens is 6. The molecule has 4 aromatic rings. The van der Waals surface area contributed by atoms with Crippen molar-refractivity contribution in [2.24, 2.45) is 0 Å². The Morgan fingerprint density at radius 2 is 0.794 bits per heavy atom. The van der Waals surface area contributed by atoms with Crippen LogP contribution in [0.5, 0.6) is 0 Å². The standard InChI is InChI=1S/C26H24P.F6P/c1-22-17-19-23(20-18-22)21-27(24-11-5-2-6-12-24,25-13-7-3-8-14-25)26-15-9-4-10-16-26;1-7(2,3,4,5)6/h2-20H,21H2,1H3;/q+1;-1. The molecule has 0 atom stereocenters. The molecule has 0 radical (unpaired) electrons. The van der Waals surface area contributed by atoms with E-state index in [1.165, 1.54) is 27.0 Å². The molecule has 0 saturated heterocycles. The van der Waals surface area contributed by atoms with Crippen LogP contribution in [-0.2, 0) is 6.16 Å². The third-order valence-corrected chi connectivity index (χ3v) is 9.51.